The maximum atomic E-state index is 11.7. The highest BCUT2D eigenvalue weighted by Crippen LogP contribution is 2.14. The molecule has 0 fully saturated rings. The predicted octanol–water partition coefficient (Wildman–Crippen LogP) is 0.260. The van der Waals surface area contributed by atoms with E-state index in [-0.39, 0.29) is 0 Å². The minimum Gasteiger partial charge on any atom is -0.436 e. The van der Waals surface area contributed by atoms with Crippen LogP contribution in [0.15, 0.2) is 0 Å². The van der Waals surface area contributed by atoms with E-state index in [1.807, 2.05) is 4.72 Å². The van der Waals surface area contributed by atoms with E-state index in [4.69, 9.17) is 9.47 Å². The Bertz CT molecular complexity index is 419. The van der Waals surface area contributed by atoms with Crippen LogP contribution in [0, 0.1) is 11.8 Å². The van der Waals surface area contributed by atoms with Crippen LogP contribution >= 0.6 is 0 Å². The summed E-state index contributed by atoms with van der Waals surface area (Å²) in [5, 5.41) is 0. The van der Waals surface area contributed by atoms with Crippen LogP contribution in [-0.2, 0) is 29.1 Å². The van der Waals surface area contributed by atoms with Crippen LogP contribution in [0.5, 0.6) is 0 Å². The van der Waals surface area contributed by atoms with Gasteiger partial charge in [0.25, 0.3) is 0 Å². The minimum absolute atomic E-state index is 0.396. The van der Waals surface area contributed by atoms with E-state index in [1.165, 1.54) is 13.8 Å². The molecule has 7 nitrogen and oxygen atoms in total. The zero-order valence-corrected chi connectivity index (χ0v) is 12.6. The fourth-order valence-electron chi connectivity index (χ4n) is 1.25. The Hall–Kier alpha value is -1.15. The molecule has 0 rings (SSSR count). The Morgan fingerprint density at radius 2 is 1.68 bits per heavy atom. The molecule has 1 N–H and O–H groups in total. The average molecular weight is 295 g/mol. The van der Waals surface area contributed by atoms with E-state index in [0.29, 0.717) is 6.61 Å². The molecule has 112 valence electrons. The SMILES string of the molecule is CCOC(C)OC(=O)C(C)C(C)C(=O)NS(C)(=O)=O. The Morgan fingerprint density at radius 1 is 1.16 bits per heavy atom. The van der Waals surface area contributed by atoms with Crippen molar-refractivity contribution >= 4 is 21.9 Å². The van der Waals surface area contributed by atoms with E-state index in [0.717, 1.165) is 6.26 Å². The molecule has 0 spiro atoms. The van der Waals surface area contributed by atoms with Crippen molar-refractivity contribution in [2.75, 3.05) is 12.9 Å². The first kappa shape index (κ1) is 17.8. The second kappa shape index (κ2) is 7.44. The van der Waals surface area contributed by atoms with Crippen LogP contribution in [0.1, 0.15) is 27.7 Å². The molecule has 1 amide bonds. The summed E-state index contributed by atoms with van der Waals surface area (Å²) in [6.07, 6.45) is 0.169. The van der Waals surface area contributed by atoms with Crippen molar-refractivity contribution in [1.29, 1.82) is 0 Å². The number of hydrogen-bond donors (Lipinski definition) is 1. The molecule has 0 saturated heterocycles. The molecule has 0 bridgehead atoms. The standard InChI is InChI=1S/C11H21NO6S/c1-6-17-9(4)18-11(14)8(3)7(2)10(13)12-19(5,15)16/h7-9H,6H2,1-5H3,(H,12,13). The fraction of sp³-hybridized carbons (Fsp3) is 0.818. The van der Waals surface area contributed by atoms with Crippen molar-refractivity contribution in [2.45, 2.75) is 34.0 Å². The summed E-state index contributed by atoms with van der Waals surface area (Å²) in [5.41, 5.74) is 0. The lowest BCUT2D eigenvalue weighted by atomic mass is 9.96. The monoisotopic (exact) mass is 295 g/mol. The highest BCUT2D eigenvalue weighted by Gasteiger charge is 2.29. The van der Waals surface area contributed by atoms with Gasteiger partial charge in [-0.2, -0.15) is 0 Å². The summed E-state index contributed by atoms with van der Waals surface area (Å²) in [6.45, 7) is 6.67. The van der Waals surface area contributed by atoms with Gasteiger partial charge in [0.05, 0.1) is 12.2 Å². The quantitative estimate of drug-likeness (QED) is 0.534. The molecule has 0 aromatic heterocycles. The number of rotatable bonds is 7. The van der Waals surface area contributed by atoms with Crippen molar-refractivity contribution < 1.29 is 27.5 Å². The van der Waals surface area contributed by atoms with Crippen LogP contribution in [-0.4, -0.2) is 39.4 Å². The van der Waals surface area contributed by atoms with Crippen molar-refractivity contribution in [3.63, 3.8) is 0 Å². The summed E-state index contributed by atoms with van der Waals surface area (Å²) < 4.78 is 33.7. The van der Waals surface area contributed by atoms with E-state index in [9.17, 15) is 18.0 Å². The molecule has 0 aromatic carbocycles. The number of ether oxygens (including phenoxy) is 2. The molecule has 0 aliphatic carbocycles. The van der Waals surface area contributed by atoms with E-state index in [1.54, 1.807) is 13.8 Å². The number of carbonyl (C=O) groups is 2. The van der Waals surface area contributed by atoms with Gasteiger partial charge >= 0.3 is 5.97 Å². The molecule has 19 heavy (non-hydrogen) atoms. The topological polar surface area (TPSA) is 98.8 Å². The summed E-state index contributed by atoms with van der Waals surface area (Å²) in [5.74, 6) is -2.95. The number of amides is 1. The molecule has 3 unspecified atom stereocenters. The normalized spacial score (nSPS) is 16.3. The molecule has 0 aliphatic heterocycles. The lowest BCUT2D eigenvalue weighted by molar-refractivity contribution is -0.180. The van der Waals surface area contributed by atoms with Crippen LogP contribution in [0.4, 0.5) is 0 Å². The Balaban J connectivity index is 4.51. The zero-order chi connectivity index (χ0) is 15.2. The molecular formula is C11H21NO6S. The van der Waals surface area contributed by atoms with Gasteiger partial charge in [-0.25, -0.2) is 8.42 Å². The molecule has 0 aromatic rings. The Kier molecular flexibility index (Phi) is 6.99. The van der Waals surface area contributed by atoms with Gasteiger partial charge in [-0.1, -0.05) is 13.8 Å². The lowest BCUT2D eigenvalue weighted by Crippen LogP contribution is -2.39. The van der Waals surface area contributed by atoms with E-state index < -0.39 is 40.0 Å². The smallest absolute Gasteiger partial charge is 0.311 e. The van der Waals surface area contributed by atoms with Crippen LogP contribution < -0.4 is 4.72 Å². The zero-order valence-electron chi connectivity index (χ0n) is 11.8. The van der Waals surface area contributed by atoms with Crippen molar-refractivity contribution in [1.82, 2.24) is 4.72 Å². The van der Waals surface area contributed by atoms with Crippen molar-refractivity contribution in [2.24, 2.45) is 11.8 Å². The van der Waals surface area contributed by atoms with Gasteiger partial charge in [0.15, 0.2) is 6.29 Å². The molecule has 0 aliphatic rings. The summed E-state index contributed by atoms with van der Waals surface area (Å²) >= 11 is 0. The van der Waals surface area contributed by atoms with Crippen LogP contribution in [0.25, 0.3) is 0 Å². The minimum atomic E-state index is -3.64. The highest BCUT2D eigenvalue weighted by molar-refractivity contribution is 7.89. The lowest BCUT2D eigenvalue weighted by Gasteiger charge is -2.20. The van der Waals surface area contributed by atoms with Crippen molar-refractivity contribution in [3.8, 4) is 0 Å². The third-order valence-electron chi connectivity index (χ3n) is 2.50. The van der Waals surface area contributed by atoms with Crippen LogP contribution in [0.2, 0.25) is 0 Å². The van der Waals surface area contributed by atoms with Gasteiger partial charge in [0.2, 0.25) is 15.9 Å². The number of hydrogen-bond acceptors (Lipinski definition) is 6. The molecular weight excluding hydrogens is 274 g/mol. The maximum Gasteiger partial charge on any atom is 0.311 e. The second-order valence-corrected chi connectivity index (χ2v) is 6.02. The maximum absolute atomic E-state index is 11.7. The predicted molar refractivity (Wildman–Crippen MR) is 68.5 cm³/mol. The van der Waals surface area contributed by atoms with Gasteiger partial charge in [0.1, 0.15) is 0 Å². The average Bonchev–Trinajstić information content (AvgIpc) is 2.24. The van der Waals surface area contributed by atoms with Gasteiger partial charge in [-0.15, -0.1) is 0 Å². The van der Waals surface area contributed by atoms with E-state index >= 15 is 0 Å². The summed E-state index contributed by atoms with van der Waals surface area (Å²) in [6, 6.07) is 0. The second-order valence-electron chi connectivity index (χ2n) is 4.28. The molecule has 0 saturated carbocycles. The number of nitrogens with one attached hydrogen (secondary N) is 1. The molecule has 8 heteroatoms. The summed E-state index contributed by atoms with van der Waals surface area (Å²) in [4.78, 5) is 23.3. The Morgan fingerprint density at radius 3 is 2.11 bits per heavy atom. The highest BCUT2D eigenvalue weighted by atomic mass is 32.2. The molecule has 0 radical (unpaired) electrons. The number of sulfonamides is 1. The van der Waals surface area contributed by atoms with Crippen molar-refractivity contribution in [3.05, 3.63) is 0 Å². The van der Waals surface area contributed by atoms with Gasteiger partial charge in [-0.3, -0.25) is 14.3 Å². The first-order chi connectivity index (χ1) is 8.58. The Labute approximate surface area is 113 Å². The first-order valence-electron chi connectivity index (χ1n) is 5.92. The first-order valence-corrected chi connectivity index (χ1v) is 7.81. The fourth-order valence-corrected chi connectivity index (χ4v) is 1.80. The molecule has 3 atom stereocenters. The van der Waals surface area contributed by atoms with Crippen LogP contribution in [0.3, 0.4) is 0 Å². The summed E-state index contributed by atoms with van der Waals surface area (Å²) in [7, 11) is -3.64. The van der Waals surface area contributed by atoms with E-state index in [2.05, 4.69) is 0 Å². The third-order valence-corrected chi connectivity index (χ3v) is 3.08. The largest absolute Gasteiger partial charge is 0.436 e. The van der Waals surface area contributed by atoms with Gasteiger partial charge < -0.3 is 9.47 Å². The number of carbonyl (C=O) groups excluding carboxylic acids is 2. The van der Waals surface area contributed by atoms with Gasteiger partial charge in [-0.05, 0) is 13.8 Å². The van der Waals surface area contributed by atoms with Gasteiger partial charge in [0, 0.05) is 12.5 Å². The third kappa shape index (κ3) is 7.12. The number of esters is 1. The molecule has 0 heterocycles.